The summed E-state index contributed by atoms with van der Waals surface area (Å²) in [6, 6.07) is 6.23. The zero-order valence-electron chi connectivity index (χ0n) is 9.51. The van der Waals surface area contributed by atoms with E-state index in [2.05, 4.69) is 6.07 Å². The first kappa shape index (κ1) is 11.3. The molecule has 0 saturated heterocycles. The summed E-state index contributed by atoms with van der Waals surface area (Å²) in [5.74, 6) is 0.733. The molecule has 1 fully saturated rings. The monoisotopic (exact) mass is 235 g/mol. The SMILES string of the molecule is COc1ccc(C)c(Cl)c1C1(C#N)CCC1. The Morgan fingerprint density at radius 2 is 2.12 bits per heavy atom. The average molecular weight is 236 g/mol. The number of nitriles is 1. The summed E-state index contributed by atoms with van der Waals surface area (Å²) in [5.41, 5.74) is 1.46. The Hall–Kier alpha value is -1.20. The van der Waals surface area contributed by atoms with Gasteiger partial charge in [0, 0.05) is 5.56 Å². The van der Waals surface area contributed by atoms with Gasteiger partial charge in [-0.15, -0.1) is 0 Å². The van der Waals surface area contributed by atoms with Gasteiger partial charge in [-0.3, -0.25) is 0 Å². The molecule has 1 saturated carbocycles. The summed E-state index contributed by atoms with van der Waals surface area (Å²) < 4.78 is 5.33. The van der Waals surface area contributed by atoms with Gasteiger partial charge in [-0.05, 0) is 37.8 Å². The zero-order valence-corrected chi connectivity index (χ0v) is 10.3. The van der Waals surface area contributed by atoms with E-state index in [1.807, 2.05) is 19.1 Å². The molecule has 0 spiro atoms. The van der Waals surface area contributed by atoms with Gasteiger partial charge in [0.2, 0.25) is 0 Å². The largest absolute Gasteiger partial charge is 0.496 e. The number of aryl methyl sites for hydroxylation is 1. The van der Waals surface area contributed by atoms with Crippen LogP contribution in [0.1, 0.15) is 30.4 Å². The lowest BCUT2D eigenvalue weighted by Gasteiger charge is -2.37. The molecule has 0 heterocycles. The maximum atomic E-state index is 9.36. The highest BCUT2D eigenvalue weighted by molar-refractivity contribution is 6.32. The maximum absolute atomic E-state index is 9.36. The van der Waals surface area contributed by atoms with Crippen LogP contribution in [0.25, 0.3) is 0 Å². The molecule has 1 aromatic carbocycles. The van der Waals surface area contributed by atoms with Gasteiger partial charge in [-0.25, -0.2) is 0 Å². The second kappa shape index (κ2) is 3.99. The van der Waals surface area contributed by atoms with Crippen LogP contribution in [-0.2, 0) is 5.41 Å². The van der Waals surface area contributed by atoms with Gasteiger partial charge in [0.05, 0.1) is 23.6 Å². The Kier molecular flexibility index (Phi) is 2.82. The van der Waals surface area contributed by atoms with E-state index in [4.69, 9.17) is 16.3 Å². The van der Waals surface area contributed by atoms with E-state index in [-0.39, 0.29) is 0 Å². The number of methoxy groups -OCH3 is 1. The quantitative estimate of drug-likeness (QED) is 0.785. The predicted octanol–water partition coefficient (Wildman–Crippen LogP) is 3.60. The topological polar surface area (TPSA) is 33.0 Å². The lowest BCUT2D eigenvalue weighted by molar-refractivity contribution is 0.307. The first-order chi connectivity index (χ1) is 7.64. The molecule has 16 heavy (non-hydrogen) atoms. The van der Waals surface area contributed by atoms with E-state index in [0.29, 0.717) is 5.02 Å². The molecule has 2 rings (SSSR count). The molecule has 0 radical (unpaired) electrons. The van der Waals surface area contributed by atoms with Crippen LogP contribution in [0, 0.1) is 18.3 Å². The van der Waals surface area contributed by atoms with E-state index in [1.54, 1.807) is 7.11 Å². The molecule has 1 aromatic rings. The van der Waals surface area contributed by atoms with Gasteiger partial charge < -0.3 is 4.74 Å². The Labute approximate surface area is 101 Å². The van der Waals surface area contributed by atoms with Gasteiger partial charge >= 0.3 is 0 Å². The van der Waals surface area contributed by atoms with Crippen LogP contribution in [0.2, 0.25) is 5.02 Å². The number of ether oxygens (including phenoxy) is 1. The Bertz CT molecular complexity index is 458. The van der Waals surface area contributed by atoms with Gasteiger partial charge in [-0.2, -0.15) is 5.26 Å². The zero-order chi connectivity index (χ0) is 11.8. The van der Waals surface area contributed by atoms with Crippen molar-refractivity contribution in [3.05, 3.63) is 28.3 Å². The third-order valence-electron chi connectivity index (χ3n) is 3.42. The molecule has 0 atom stereocenters. The molecular weight excluding hydrogens is 222 g/mol. The molecule has 1 aliphatic carbocycles. The average Bonchev–Trinajstić information content (AvgIpc) is 2.23. The summed E-state index contributed by atoms with van der Waals surface area (Å²) in [4.78, 5) is 0. The summed E-state index contributed by atoms with van der Waals surface area (Å²) in [6.07, 6.45) is 2.84. The highest BCUT2D eigenvalue weighted by Crippen LogP contribution is 2.50. The van der Waals surface area contributed by atoms with Crippen LogP contribution in [-0.4, -0.2) is 7.11 Å². The molecule has 0 bridgehead atoms. The Balaban J connectivity index is 2.62. The minimum atomic E-state index is -0.422. The normalized spacial score (nSPS) is 17.4. The highest BCUT2D eigenvalue weighted by Gasteiger charge is 2.43. The summed E-state index contributed by atoms with van der Waals surface area (Å²) in [5, 5.41) is 10.0. The molecular formula is C13H14ClNO. The summed E-state index contributed by atoms with van der Waals surface area (Å²) >= 11 is 6.32. The van der Waals surface area contributed by atoms with Crippen molar-refractivity contribution in [2.75, 3.05) is 7.11 Å². The second-order valence-corrected chi connectivity index (χ2v) is 4.70. The van der Waals surface area contributed by atoms with E-state index < -0.39 is 5.41 Å². The molecule has 0 unspecified atom stereocenters. The maximum Gasteiger partial charge on any atom is 0.125 e. The number of nitrogens with zero attached hydrogens (tertiary/aromatic N) is 1. The van der Waals surface area contributed by atoms with Crippen molar-refractivity contribution in [2.45, 2.75) is 31.6 Å². The molecule has 0 N–H and O–H groups in total. The van der Waals surface area contributed by atoms with Crippen molar-refractivity contribution < 1.29 is 4.74 Å². The Morgan fingerprint density at radius 1 is 1.44 bits per heavy atom. The smallest absolute Gasteiger partial charge is 0.125 e. The minimum absolute atomic E-state index is 0.422. The molecule has 84 valence electrons. The molecule has 0 amide bonds. The van der Waals surface area contributed by atoms with Gasteiger partial charge in [0.25, 0.3) is 0 Å². The van der Waals surface area contributed by atoms with Crippen LogP contribution in [0.5, 0.6) is 5.75 Å². The molecule has 3 heteroatoms. The van der Waals surface area contributed by atoms with Crippen LogP contribution >= 0.6 is 11.6 Å². The van der Waals surface area contributed by atoms with Crippen LogP contribution in [0.3, 0.4) is 0 Å². The van der Waals surface area contributed by atoms with Crippen molar-refractivity contribution in [1.29, 1.82) is 5.26 Å². The van der Waals surface area contributed by atoms with Gasteiger partial charge in [0.1, 0.15) is 5.75 Å². The van der Waals surface area contributed by atoms with Crippen molar-refractivity contribution in [3.63, 3.8) is 0 Å². The molecule has 0 aliphatic heterocycles. The van der Waals surface area contributed by atoms with Crippen molar-refractivity contribution >= 4 is 11.6 Å². The lowest BCUT2D eigenvalue weighted by atomic mass is 9.65. The number of halogens is 1. The molecule has 2 nitrogen and oxygen atoms in total. The van der Waals surface area contributed by atoms with Gasteiger partial charge in [0.15, 0.2) is 0 Å². The van der Waals surface area contributed by atoms with E-state index >= 15 is 0 Å². The summed E-state index contributed by atoms with van der Waals surface area (Å²) in [7, 11) is 1.62. The Morgan fingerprint density at radius 3 is 2.56 bits per heavy atom. The first-order valence-electron chi connectivity index (χ1n) is 5.39. The van der Waals surface area contributed by atoms with Crippen molar-refractivity contribution in [3.8, 4) is 11.8 Å². The third-order valence-corrected chi connectivity index (χ3v) is 3.90. The van der Waals surface area contributed by atoms with Crippen LogP contribution < -0.4 is 4.74 Å². The predicted molar refractivity (Wildman–Crippen MR) is 63.9 cm³/mol. The fraction of sp³-hybridized carbons (Fsp3) is 0.462. The second-order valence-electron chi connectivity index (χ2n) is 4.32. The lowest BCUT2D eigenvalue weighted by Crippen LogP contribution is -2.33. The fourth-order valence-electron chi connectivity index (χ4n) is 2.23. The standard InChI is InChI=1S/C13H14ClNO/c1-9-4-5-10(16-2)11(12(9)14)13(8-15)6-3-7-13/h4-5H,3,6-7H2,1-2H3. The third kappa shape index (κ3) is 1.47. The first-order valence-corrected chi connectivity index (χ1v) is 5.77. The van der Waals surface area contributed by atoms with Crippen molar-refractivity contribution in [1.82, 2.24) is 0 Å². The van der Waals surface area contributed by atoms with Crippen LogP contribution in [0.4, 0.5) is 0 Å². The minimum Gasteiger partial charge on any atom is -0.496 e. The number of hydrogen-bond acceptors (Lipinski definition) is 2. The van der Waals surface area contributed by atoms with E-state index in [9.17, 15) is 5.26 Å². The number of hydrogen-bond donors (Lipinski definition) is 0. The van der Waals surface area contributed by atoms with Gasteiger partial charge in [-0.1, -0.05) is 17.7 Å². The van der Waals surface area contributed by atoms with Crippen LogP contribution in [0.15, 0.2) is 12.1 Å². The van der Waals surface area contributed by atoms with E-state index in [1.165, 1.54) is 0 Å². The molecule has 0 aromatic heterocycles. The number of rotatable bonds is 2. The summed E-state index contributed by atoms with van der Waals surface area (Å²) in [6.45, 7) is 1.95. The highest BCUT2D eigenvalue weighted by atomic mass is 35.5. The van der Waals surface area contributed by atoms with E-state index in [0.717, 1.165) is 36.1 Å². The number of benzene rings is 1. The van der Waals surface area contributed by atoms with Crippen molar-refractivity contribution in [2.24, 2.45) is 0 Å². The fourth-order valence-corrected chi connectivity index (χ4v) is 2.56. The molecule has 1 aliphatic rings.